The van der Waals surface area contributed by atoms with Crippen LogP contribution < -0.4 is 16.4 Å². The van der Waals surface area contributed by atoms with Gasteiger partial charge in [0.15, 0.2) is 10.8 Å². The van der Waals surface area contributed by atoms with Crippen molar-refractivity contribution in [1.29, 1.82) is 0 Å². The number of nitrogens with zero attached hydrogens (tertiary/aromatic N) is 2. The number of carboxylic acid groups (broad SMARTS) is 1. The number of nitrogen functional groups attached to an aromatic ring is 1. The quantitative estimate of drug-likeness (QED) is 0.381. The highest BCUT2D eigenvalue weighted by molar-refractivity contribution is 7.80. The Hall–Kier alpha value is -3.04. The maximum absolute atomic E-state index is 9.97. The maximum Gasteiger partial charge on any atom is 0.357 e. The zero-order valence-electron chi connectivity index (χ0n) is 14.8. The molecule has 0 spiro atoms. The van der Waals surface area contributed by atoms with Crippen LogP contribution in [0, 0.1) is 0 Å². The molecule has 1 aromatic heterocycles. The lowest BCUT2D eigenvalue weighted by Gasteiger charge is -2.17. The Morgan fingerprint density at radius 1 is 1.21 bits per heavy atom. The summed E-state index contributed by atoms with van der Waals surface area (Å²) in [5, 5.41) is 20.1. The van der Waals surface area contributed by atoms with Crippen LogP contribution in [0.4, 0.5) is 11.4 Å². The van der Waals surface area contributed by atoms with Crippen LogP contribution in [0.1, 0.15) is 34.1 Å². The molecule has 0 saturated heterocycles. The summed E-state index contributed by atoms with van der Waals surface area (Å²) in [6.45, 7) is 0. The minimum atomic E-state index is -1.03. The van der Waals surface area contributed by atoms with E-state index in [2.05, 4.69) is 44.5 Å². The van der Waals surface area contributed by atoms with E-state index >= 15 is 0 Å². The van der Waals surface area contributed by atoms with Gasteiger partial charge in [0, 0.05) is 16.8 Å². The van der Waals surface area contributed by atoms with Gasteiger partial charge in [-0.3, -0.25) is 0 Å². The van der Waals surface area contributed by atoms with E-state index in [1.54, 1.807) is 0 Å². The van der Waals surface area contributed by atoms with Gasteiger partial charge in [-0.2, -0.15) is 0 Å². The third-order valence-electron chi connectivity index (χ3n) is 4.19. The third kappa shape index (κ3) is 5.24. The molecule has 1 atom stereocenters. The molecule has 2 aromatic carbocycles. The van der Waals surface area contributed by atoms with Gasteiger partial charge in [0.2, 0.25) is 0 Å². The molecule has 144 valence electrons. The number of aromatic carboxylic acids is 1. The molecule has 0 fully saturated rings. The van der Waals surface area contributed by atoms with E-state index in [1.807, 2.05) is 24.3 Å². The molecule has 1 unspecified atom stereocenters. The van der Waals surface area contributed by atoms with Crippen molar-refractivity contribution in [3.8, 4) is 0 Å². The maximum atomic E-state index is 9.97. The minimum absolute atomic E-state index is 0.00926. The zero-order valence-corrected chi connectivity index (χ0v) is 16.5. The molecule has 7 nitrogen and oxygen atoms in total. The summed E-state index contributed by atoms with van der Waals surface area (Å²) in [5.41, 5.74) is 10.1. The molecular weight excluding hydrogens is 394 g/mol. The number of carboxylic acids is 1. The first-order valence-corrected chi connectivity index (χ1v) is 9.78. The van der Waals surface area contributed by atoms with Gasteiger partial charge in [-0.15, -0.1) is 5.10 Å². The summed E-state index contributed by atoms with van der Waals surface area (Å²) in [7, 11) is 0. The molecule has 1 aliphatic carbocycles. The Morgan fingerprint density at radius 3 is 2.61 bits per heavy atom. The highest BCUT2D eigenvalue weighted by Gasteiger charge is 2.22. The second-order valence-corrected chi connectivity index (χ2v) is 7.12. The normalized spacial score (nSPS) is 14.4. The van der Waals surface area contributed by atoms with Crippen molar-refractivity contribution in [2.75, 3.05) is 11.1 Å². The first kappa shape index (κ1) is 19.7. The molecule has 0 bridgehead atoms. The van der Waals surface area contributed by atoms with Crippen molar-refractivity contribution in [1.82, 2.24) is 14.9 Å². The average Bonchev–Trinajstić information content (AvgIpc) is 3.35. The largest absolute Gasteiger partial charge is 0.476 e. The second-order valence-electron chi connectivity index (χ2n) is 6.11. The Kier molecular flexibility index (Phi) is 6.51. The van der Waals surface area contributed by atoms with Crippen molar-refractivity contribution in [2.45, 2.75) is 18.9 Å². The van der Waals surface area contributed by atoms with Crippen LogP contribution in [-0.2, 0) is 6.42 Å². The summed E-state index contributed by atoms with van der Waals surface area (Å²) in [4.78, 5) is 9.97. The van der Waals surface area contributed by atoms with Crippen LogP contribution >= 0.6 is 23.8 Å². The Balaban J connectivity index is 0.000000236. The molecule has 5 N–H and O–H groups in total. The lowest BCUT2D eigenvalue weighted by atomic mass is 10.1. The molecule has 1 heterocycles. The fraction of sp³-hybridized carbons (Fsp3) is 0.158. The molecule has 0 amide bonds. The van der Waals surface area contributed by atoms with Gasteiger partial charge >= 0.3 is 5.97 Å². The highest BCUT2D eigenvalue weighted by atomic mass is 32.1. The Labute approximate surface area is 171 Å². The molecule has 0 saturated carbocycles. The van der Waals surface area contributed by atoms with Crippen molar-refractivity contribution >= 4 is 46.2 Å². The number of thiocarbonyl (C=S) groups is 1. The van der Waals surface area contributed by atoms with Crippen LogP contribution in [0.15, 0.2) is 53.9 Å². The minimum Gasteiger partial charge on any atom is -0.476 e. The summed E-state index contributed by atoms with van der Waals surface area (Å²) < 4.78 is 3.35. The zero-order chi connectivity index (χ0) is 19.9. The number of carbonyl (C=O) groups is 1. The van der Waals surface area contributed by atoms with Crippen molar-refractivity contribution in [2.24, 2.45) is 0 Å². The molecule has 3 aromatic rings. The fourth-order valence-electron chi connectivity index (χ4n) is 2.86. The van der Waals surface area contributed by atoms with Crippen LogP contribution in [-0.4, -0.2) is 25.8 Å². The monoisotopic (exact) mass is 413 g/mol. The number of hydrogen-bond acceptors (Lipinski definition) is 6. The van der Waals surface area contributed by atoms with Gasteiger partial charge in [0.1, 0.15) is 0 Å². The van der Waals surface area contributed by atoms with E-state index in [0.717, 1.165) is 35.7 Å². The average molecular weight is 414 g/mol. The SMILES string of the molecule is Nc1ccc(NC(=S)NC2CCc3ccccc32)cc1.O=C(O)c1csnn1. The van der Waals surface area contributed by atoms with Crippen molar-refractivity contribution < 1.29 is 9.90 Å². The highest BCUT2D eigenvalue weighted by Crippen LogP contribution is 2.30. The van der Waals surface area contributed by atoms with E-state index in [4.69, 9.17) is 23.1 Å². The van der Waals surface area contributed by atoms with Crippen LogP contribution in [0.25, 0.3) is 0 Å². The summed E-state index contributed by atoms with van der Waals surface area (Å²) in [5.74, 6) is -1.03. The number of hydrogen-bond donors (Lipinski definition) is 4. The van der Waals surface area contributed by atoms with Crippen LogP contribution in [0.2, 0.25) is 0 Å². The van der Waals surface area contributed by atoms with E-state index in [-0.39, 0.29) is 5.69 Å². The standard InChI is InChI=1S/C16H17N3S.C3H2N2O2S/c17-12-6-8-13(9-7-12)18-16(20)19-15-10-5-11-3-1-2-4-14(11)15;6-3(7)2-1-8-5-4-2/h1-4,6-9,15H,5,10,17H2,(H2,18,19,20);1H,(H,6,7). The van der Waals surface area contributed by atoms with Crippen molar-refractivity contribution in [3.05, 3.63) is 70.7 Å². The predicted molar refractivity (Wildman–Crippen MR) is 115 cm³/mol. The lowest BCUT2D eigenvalue weighted by molar-refractivity contribution is 0.0690. The molecule has 9 heteroatoms. The van der Waals surface area contributed by atoms with E-state index in [1.165, 1.54) is 16.5 Å². The summed E-state index contributed by atoms with van der Waals surface area (Å²) in [6, 6.07) is 16.4. The van der Waals surface area contributed by atoms with Gasteiger partial charge in [-0.05, 0) is 72.0 Å². The van der Waals surface area contributed by atoms with Gasteiger partial charge in [0.05, 0.1) is 6.04 Å². The van der Waals surface area contributed by atoms with Crippen LogP contribution in [0.3, 0.4) is 0 Å². The first-order valence-electron chi connectivity index (χ1n) is 8.54. The van der Waals surface area contributed by atoms with E-state index in [9.17, 15) is 4.79 Å². The number of nitrogens with one attached hydrogen (secondary N) is 2. The molecule has 4 rings (SSSR count). The fourth-order valence-corrected chi connectivity index (χ4v) is 3.55. The number of anilines is 2. The number of aryl methyl sites for hydroxylation is 1. The number of benzene rings is 2. The molecule has 0 radical (unpaired) electrons. The number of fused-ring (bicyclic) bond motifs is 1. The van der Waals surface area contributed by atoms with E-state index < -0.39 is 5.97 Å². The van der Waals surface area contributed by atoms with Gasteiger partial charge in [-0.1, -0.05) is 28.8 Å². The second kappa shape index (κ2) is 9.25. The van der Waals surface area contributed by atoms with Crippen LogP contribution in [0.5, 0.6) is 0 Å². The van der Waals surface area contributed by atoms with Gasteiger partial charge in [-0.25, -0.2) is 4.79 Å². The molecule has 0 aliphatic heterocycles. The predicted octanol–water partition coefficient (Wildman–Crippen LogP) is 3.48. The summed E-state index contributed by atoms with van der Waals surface area (Å²) >= 11 is 6.41. The van der Waals surface area contributed by atoms with Gasteiger partial charge in [0.25, 0.3) is 0 Å². The lowest BCUT2D eigenvalue weighted by Crippen LogP contribution is -2.31. The summed E-state index contributed by atoms with van der Waals surface area (Å²) in [6.07, 6.45) is 2.20. The number of rotatable bonds is 3. The van der Waals surface area contributed by atoms with E-state index in [0.29, 0.717) is 11.2 Å². The first-order chi connectivity index (χ1) is 13.5. The van der Waals surface area contributed by atoms with Crippen molar-refractivity contribution in [3.63, 3.8) is 0 Å². The Bertz CT molecular complexity index is 945. The molecule has 1 aliphatic rings. The number of aromatic nitrogens is 2. The molecular formula is C19H19N5O2S2. The topological polar surface area (TPSA) is 113 Å². The smallest absolute Gasteiger partial charge is 0.357 e. The number of nitrogens with two attached hydrogens (primary N) is 1. The third-order valence-corrected chi connectivity index (χ3v) is 4.91. The Morgan fingerprint density at radius 2 is 1.96 bits per heavy atom. The van der Waals surface area contributed by atoms with Gasteiger partial charge < -0.3 is 21.5 Å². The molecule has 28 heavy (non-hydrogen) atoms.